The molecule has 12 N–H and O–H groups in total. The summed E-state index contributed by atoms with van der Waals surface area (Å²) in [6.07, 6.45) is -3.70. The van der Waals surface area contributed by atoms with E-state index in [1.54, 1.807) is 0 Å². The van der Waals surface area contributed by atoms with Crippen molar-refractivity contribution in [2.24, 2.45) is 22.9 Å². The lowest BCUT2D eigenvalue weighted by Gasteiger charge is -2.16. The van der Waals surface area contributed by atoms with E-state index < -0.39 is 60.8 Å². The predicted octanol–water partition coefficient (Wildman–Crippen LogP) is -1.02. The molecule has 0 aliphatic rings. The highest BCUT2D eigenvalue weighted by Crippen LogP contribution is 2.21. The van der Waals surface area contributed by atoms with Gasteiger partial charge >= 0.3 is 23.9 Å². The van der Waals surface area contributed by atoms with E-state index >= 15 is 0 Å². The van der Waals surface area contributed by atoms with Crippen molar-refractivity contribution in [2.75, 3.05) is 0 Å². The van der Waals surface area contributed by atoms with E-state index in [0.717, 1.165) is 0 Å². The molecule has 13 heteroatoms. The minimum absolute atomic E-state index is 0.0349. The molecule has 0 aliphatic heterocycles. The first-order valence-electron chi connectivity index (χ1n) is 13.9. The number of rotatable bonds is 19. The number of carbonyl (C=O) groups is 4. The van der Waals surface area contributed by atoms with Gasteiger partial charge in [0.2, 0.25) is 0 Å². The summed E-state index contributed by atoms with van der Waals surface area (Å²) >= 11 is 0. The molecule has 208 valence electrons. The second kappa shape index (κ2) is 15.9. The highest BCUT2D eigenvalue weighted by atomic mass is 16.4. The van der Waals surface area contributed by atoms with Gasteiger partial charge in [0.1, 0.15) is 33.5 Å². The van der Waals surface area contributed by atoms with E-state index in [-0.39, 0.29) is 74.1 Å². The average Bonchev–Trinajstić information content (AvgIpc) is 2.88. The lowest BCUT2D eigenvalue weighted by Crippen LogP contribution is -2.37. The number of aromatic nitrogens is 1. The van der Waals surface area contributed by atoms with E-state index in [1.165, 1.54) is 4.57 Å². The number of hydrogen-bond donors (Lipinski definition) is 8. The van der Waals surface area contributed by atoms with Crippen LogP contribution < -0.4 is 27.5 Å². The van der Waals surface area contributed by atoms with Gasteiger partial charge in [-0.1, -0.05) is 0 Å². The topological polar surface area (TPSA) is 257 Å². The third-order valence-electron chi connectivity index (χ3n) is 5.73. The summed E-state index contributed by atoms with van der Waals surface area (Å²) in [6, 6.07) is -5.19. The van der Waals surface area contributed by atoms with Gasteiger partial charge in [-0.3, -0.25) is 19.2 Å². The second-order valence-corrected chi connectivity index (χ2v) is 8.77. The van der Waals surface area contributed by atoms with Crippen molar-refractivity contribution in [3.05, 3.63) is 29.0 Å². The number of hydrogen-bond acceptors (Lipinski definition) is 8. The summed E-state index contributed by atoms with van der Waals surface area (Å²) < 4.78 is 36.6. The Labute approximate surface area is 221 Å². The third-order valence-corrected chi connectivity index (χ3v) is 5.73. The van der Waals surface area contributed by atoms with Crippen LogP contribution in [0.1, 0.15) is 67.1 Å². The van der Waals surface area contributed by atoms with E-state index in [1.807, 2.05) is 0 Å². The number of carboxylic acids is 4. The van der Waals surface area contributed by atoms with Gasteiger partial charge in [-0.2, -0.15) is 0 Å². The maximum absolute atomic E-state index is 11.4. The maximum Gasteiger partial charge on any atom is 0.320 e. The zero-order valence-corrected chi connectivity index (χ0v) is 20.6. The molecule has 0 spiro atoms. The molecule has 1 aromatic rings. The molecular formula is C24H40N5O8+. The molecule has 0 aromatic carbocycles. The molecule has 4 atom stereocenters. The zero-order valence-electron chi connectivity index (χ0n) is 24.6. The van der Waals surface area contributed by atoms with E-state index in [4.69, 9.17) is 38.6 Å². The van der Waals surface area contributed by atoms with Crippen molar-refractivity contribution in [2.45, 2.75) is 94.9 Å². The molecule has 0 saturated heterocycles. The largest absolute Gasteiger partial charge is 0.480 e. The van der Waals surface area contributed by atoms with Gasteiger partial charge in [-0.15, -0.1) is 0 Å². The Morgan fingerprint density at radius 1 is 0.703 bits per heavy atom. The quantitative estimate of drug-likeness (QED) is 0.0789. The van der Waals surface area contributed by atoms with Crippen molar-refractivity contribution >= 4 is 23.9 Å². The van der Waals surface area contributed by atoms with Crippen LogP contribution in [0.5, 0.6) is 0 Å². The number of pyridine rings is 1. The molecule has 0 aliphatic carbocycles. The van der Waals surface area contributed by atoms with Gasteiger partial charge in [0.15, 0.2) is 12.3 Å². The second-order valence-electron chi connectivity index (χ2n) is 8.77. The standard InChI is InChI=1S/C24H39N5O8/c25-17(21(30)31)5-1-2-11-29-12-14(7-9-19(27)23(34)35)16(4-3-6-18(26)22(32)33)15(13-29)8-10-20(28)24(36)37/h12-13,17-20H,1-11,25-28H2,(H3-,30,31,32,33,34,35,36,37)/p+1/t17-,18-,19-,20-/m0/s1/i4D2,12D,13D. The van der Waals surface area contributed by atoms with Crippen LogP contribution in [-0.2, 0) is 44.9 Å². The third kappa shape index (κ3) is 11.6. The number of nitrogens with two attached hydrogens (primary N) is 4. The van der Waals surface area contributed by atoms with Crippen LogP contribution in [0.2, 0.25) is 0 Å². The monoisotopic (exact) mass is 530 g/mol. The van der Waals surface area contributed by atoms with Gasteiger partial charge in [-0.05, 0) is 63.3 Å². The Hall–Kier alpha value is -3.13. The SMILES string of the molecule is [2H]c1c(CC[C@H](N)C(=O)O)c(C([2H])([2H])CC[C@H](N)C(=O)O)c(CC[C@H](N)C(=O)O)c([2H])[n+]1CCCC[C@H](N)C(=O)O. The van der Waals surface area contributed by atoms with Crippen LogP contribution in [-0.4, -0.2) is 68.5 Å². The molecule has 1 rings (SSSR count). The van der Waals surface area contributed by atoms with Gasteiger partial charge in [0, 0.05) is 20.3 Å². The number of aliphatic carboxylic acids is 4. The van der Waals surface area contributed by atoms with Crippen molar-refractivity contribution in [1.29, 1.82) is 0 Å². The Balaban J connectivity index is 3.72. The lowest BCUT2D eigenvalue weighted by atomic mass is 9.91. The van der Waals surface area contributed by atoms with Crippen LogP contribution in [0, 0.1) is 0 Å². The summed E-state index contributed by atoms with van der Waals surface area (Å²) in [5.41, 5.74) is 22.4. The molecule has 0 unspecified atom stereocenters. The van der Waals surface area contributed by atoms with Crippen LogP contribution in [0.25, 0.3) is 0 Å². The van der Waals surface area contributed by atoms with Crippen molar-refractivity contribution in [3.8, 4) is 0 Å². The van der Waals surface area contributed by atoms with Crippen molar-refractivity contribution in [1.82, 2.24) is 0 Å². The summed E-state index contributed by atoms with van der Waals surface area (Å²) in [5.74, 6) is -5.16. The van der Waals surface area contributed by atoms with Crippen LogP contribution >= 0.6 is 0 Å². The smallest absolute Gasteiger partial charge is 0.320 e. The molecule has 0 saturated carbocycles. The Morgan fingerprint density at radius 2 is 1.08 bits per heavy atom. The molecule has 1 heterocycles. The van der Waals surface area contributed by atoms with Crippen LogP contribution in [0.4, 0.5) is 0 Å². The number of nitrogens with zero attached hydrogens (tertiary/aromatic N) is 1. The summed E-state index contributed by atoms with van der Waals surface area (Å²) in [7, 11) is 0. The molecule has 13 nitrogen and oxygen atoms in total. The van der Waals surface area contributed by atoms with Gasteiger partial charge < -0.3 is 43.4 Å². The van der Waals surface area contributed by atoms with E-state index in [9.17, 15) is 29.4 Å². The van der Waals surface area contributed by atoms with Crippen molar-refractivity contribution < 1.29 is 49.7 Å². The molecule has 0 radical (unpaired) electrons. The summed E-state index contributed by atoms with van der Waals surface area (Å²) in [5, 5.41) is 36.7. The predicted molar refractivity (Wildman–Crippen MR) is 133 cm³/mol. The molecule has 0 amide bonds. The molecule has 0 fully saturated rings. The van der Waals surface area contributed by atoms with Gasteiger partial charge in [0.05, 0.1) is 0 Å². The molecule has 0 bridgehead atoms. The Morgan fingerprint density at radius 3 is 1.49 bits per heavy atom. The first kappa shape index (κ1) is 25.5. The van der Waals surface area contributed by atoms with E-state index in [2.05, 4.69) is 0 Å². The minimum Gasteiger partial charge on any atom is -0.480 e. The molecule has 37 heavy (non-hydrogen) atoms. The maximum atomic E-state index is 11.4. The first-order chi connectivity index (χ1) is 18.9. The minimum atomic E-state index is -2.35. The van der Waals surface area contributed by atoms with E-state index in [0.29, 0.717) is 12.8 Å². The highest BCUT2D eigenvalue weighted by Gasteiger charge is 2.22. The van der Waals surface area contributed by atoms with Crippen LogP contribution in [0.15, 0.2) is 12.3 Å². The Bertz CT molecular complexity index is 1070. The average molecular weight is 531 g/mol. The fraction of sp³-hybridized carbons (Fsp3) is 0.625. The fourth-order valence-corrected chi connectivity index (χ4v) is 3.42. The van der Waals surface area contributed by atoms with Gasteiger partial charge in [0.25, 0.3) is 0 Å². The summed E-state index contributed by atoms with van der Waals surface area (Å²) in [6.45, 7) is 0.0349. The number of unbranched alkanes of at least 4 members (excludes halogenated alkanes) is 1. The van der Waals surface area contributed by atoms with Crippen LogP contribution in [0.3, 0.4) is 0 Å². The normalized spacial score (nSPS) is 16.4. The number of carboxylic acid groups (broad SMARTS) is 4. The van der Waals surface area contributed by atoms with Gasteiger partial charge in [-0.25, -0.2) is 4.57 Å². The highest BCUT2D eigenvalue weighted by molar-refractivity contribution is 5.74. The summed E-state index contributed by atoms with van der Waals surface area (Å²) in [4.78, 5) is 45.0. The zero-order chi connectivity index (χ0) is 31.7. The molecule has 1 aromatic heterocycles. The molecular weight excluding hydrogens is 486 g/mol. The fourth-order valence-electron chi connectivity index (χ4n) is 3.42. The first-order valence-corrected chi connectivity index (χ1v) is 11.9. The lowest BCUT2D eigenvalue weighted by molar-refractivity contribution is -0.698. The van der Waals surface area contributed by atoms with Crippen molar-refractivity contribution in [3.63, 3.8) is 0 Å². The Kier molecular flexibility index (Phi) is 10.9.